The van der Waals surface area contributed by atoms with E-state index < -0.39 is 0 Å². The lowest BCUT2D eigenvalue weighted by molar-refractivity contribution is -0.116. The lowest BCUT2D eigenvalue weighted by Crippen LogP contribution is -2.36. The number of carbonyl (C=O) groups is 1. The quantitative estimate of drug-likeness (QED) is 0.781. The van der Waals surface area contributed by atoms with E-state index in [0.29, 0.717) is 11.8 Å². The first-order chi connectivity index (χ1) is 11.8. The molecule has 1 aliphatic carbocycles. The van der Waals surface area contributed by atoms with Gasteiger partial charge in [0.25, 0.3) is 0 Å². The Morgan fingerprint density at radius 1 is 1.42 bits per heavy atom. The Hall–Kier alpha value is -2.02. The maximum absolute atomic E-state index is 12.7. The van der Waals surface area contributed by atoms with Crippen LogP contribution in [0.1, 0.15) is 30.9 Å². The van der Waals surface area contributed by atoms with Crippen LogP contribution in [0.25, 0.3) is 0 Å². The van der Waals surface area contributed by atoms with Crippen LogP contribution in [0.15, 0.2) is 29.7 Å². The lowest BCUT2D eigenvalue weighted by Gasteiger charge is -2.29. The number of hydrogen-bond donors (Lipinski definition) is 0. The van der Waals surface area contributed by atoms with Crippen LogP contribution in [0, 0.1) is 0 Å². The van der Waals surface area contributed by atoms with Crippen LogP contribution in [0.4, 0.5) is 5.69 Å². The minimum atomic E-state index is 0.122. The molecule has 1 amide bonds. The summed E-state index contributed by atoms with van der Waals surface area (Å²) in [4.78, 5) is 14.6. The van der Waals surface area contributed by atoms with Crippen molar-refractivity contribution in [2.24, 2.45) is 0 Å². The van der Waals surface area contributed by atoms with Crippen LogP contribution in [-0.2, 0) is 11.2 Å². The molecule has 7 heteroatoms. The van der Waals surface area contributed by atoms with Crippen LogP contribution in [-0.4, -0.2) is 40.1 Å². The molecule has 2 aliphatic rings. The van der Waals surface area contributed by atoms with E-state index >= 15 is 0 Å². The molecule has 4 rings (SSSR count). The summed E-state index contributed by atoms with van der Waals surface area (Å²) in [5.74, 6) is 1.35. The minimum Gasteiger partial charge on any atom is -0.497 e. The minimum absolute atomic E-state index is 0.122. The Balaban J connectivity index is 1.46. The Morgan fingerprint density at radius 2 is 2.29 bits per heavy atom. The number of hydrogen-bond acceptors (Lipinski definition) is 5. The molecule has 1 aliphatic heterocycles. The number of anilines is 1. The van der Waals surface area contributed by atoms with Crippen LogP contribution < -0.4 is 9.64 Å². The molecule has 1 fully saturated rings. The highest BCUT2D eigenvalue weighted by molar-refractivity contribution is 7.99. The number of nitrogens with zero attached hydrogens (tertiary/aromatic N) is 4. The van der Waals surface area contributed by atoms with Gasteiger partial charge >= 0.3 is 0 Å². The van der Waals surface area contributed by atoms with Crippen molar-refractivity contribution >= 4 is 23.4 Å². The first kappa shape index (κ1) is 15.5. The zero-order chi connectivity index (χ0) is 16.5. The van der Waals surface area contributed by atoms with Crippen molar-refractivity contribution in [3.8, 4) is 5.75 Å². The average Bonchev–Trinajstić information content (AvgIpc) is 3.36. The fourth-order valence-electron chi connectivity index (χ4n) is 3.10. The third-order valence-electron chi connectivity index (χ3n) is 4.51. The molecule has 2 aromatic rings. The molecule has 6 nitrogen and oxygen atoms in total. The maximum Gasteiger partial charge on any atom is 0.237 e. The van der Waals surface area contributed by atoms with Crippen molar-refractivity contribution in [2.75, 3.05) is 24.3 Å². The average molecular weight is 344 g/mol. The number of methoxy groups -OCH3 is 1. The molecule has 126 valence electrons. The number of carbonyl (C=O) groups excluding carboxylic acids is 1. The molecule has 1 saturated carbocycles. The molecule has 0 saturated heterocycles. The molecule has 0 bridgehead atoms. The number of rotatable bonds is 5. The van der Waals surface area contributed by atoms with Gasteiger partial charge in [-0.15, -0.1) is 10.2 Å². The van der Waals surface area contributed by atoms with E-state index in [-0.39, 0.29) is 5.91 Å². The first-order valence-electron chi connectivity index (χ1n) is 8.26. The Labute approximate surface area is 145 Å². The number of fused-ring (bicyclic) bond motifs is 1. The number of thioether (sulfide) groups is 1. The molecule has 0 unspecified atom stereocenters. The van der Waals surface area contributed by atoms with Crippen LogP contribution in [0.5, 0.6) is 5.75 Å². The molecule has 1 aromatic heterocycles. The van der Waals surface area contributed by atoms with Crippen LogP contribution in [0.2, 0.25) is 0 Å². The molecular weight excluding hydrogens is 324 g/mol. The first-order valence-corrected chi connectivity index (χ1v) is 9.24. The Kier molecular flexibility index (Phi) is 4.18. The van der Waals surface area contributed by atoms with Gasteiger partial charge < -0.3 is 14.2 Å². The fourth-order valence-corrected chi connectivity index (χ4v) is 3.96. The van der Waals surface area contributed by atoms with Crippen molar-refractivity contribution < 1.29 is 9.53 Å². The predicted octanol–water partition coefficient (Wildman–Crippen LogP) is 2.69. The molecule has 0 atom stereocenters. The fraction of sp³-hybridized carbons (Fsp3) is 0.471. The molecular formula is C17H20N4O2S. The van der Waals surface area contributed by atoms with Crippen LogP contribution in [0.3, 0.4) is 0 Å². The van der Waals surface area contributed by atoms with Gasteiger partial charge in [-0.25, -0.2) is 0 Å². The SMILES string of the molecule is COc1ccc2c(c1)CCCN2C(=O)CSc1nncn1C1CC1. The summed E-state index contributed by atoms with van der Waals surface area (Å²) >= 11 is 1.48. The summed E-state index contributed by atoms with van der Waals surface area (Å²) in [6.07, 6.45) is 6.10. The van der Waals surface area contributed by atoms with Crippen molar-refractivity contribution in [3.63, 3.8) is 0 Å². The summed E-state index contributed by atoms with van der Waals surface area (Å²) < 4.78 is 7.38. The van der Waals surface area contributed by atoms with Gasteiger partial charge in [0.2, 0.25) is 5.91 Å². The highest BCUT2D eigenvalue weighted by atomic mass is 32.2. The second kappa shape index (κ2) is 6.47. The summed E-state index contributed by atoms with van der Waals surface area (Å²) in [6, 6.07) is 6.47. The monoisotopic (exact) mass is 344 g/mol. The van der Waals surface area contributed by atoms with Gasteiger partial charge in [0, 0.05) is 18.3 Å². The number of aryl methyl sites for hydroxylation is 1. The van der Waals surface area contributed by atoms with E-state index in [9.17, 15) is 4.79 Å². The van der Waals surface area contributed by atoms with E-state index in [1.165, 1.54) is 30.2 Å². The van der Waals surface area contributed by atoms with Crippen molar-refractivity contribution in [3.05, 3.63) is 30.1 Å². The number of amides is 1. The molecule has 0 N–H and O–H groups in total. The van der Waals surface area contributed by atoms with E-state index in [1.54, 1.807) is 13.4 Å². The number of benzene rings is 1. The van der Waals surface area contributed by atoms with Gasteiger partial charge in [-0.1, -0.05) is 11.8 Å². The van der Waals surface area contributed by atoms with Gasteiger partial charge in [0.05, 0.1) is 12.9 Å². The Morgan fingerprint density at radius 3 is 3.08 bits per heavy atom. The smallest absolute Gasteiger partial charge is 0.237 e. The number of ether oxygens (including phenoxy) is 1. The molecule has 1 aromatic carbocycles. The standard InChI is InChI=1S/C17H20N4O2S/c1-23-14-6-7-15-12(9-14)3-2-8-20(15)16(22)10-24-17-19-18-11-21(17)13-4-5-13/h6-7,9,11,13H,2-5,8,10H2,1H3. The highest BCUT2D eigenvalue weighted by Gasteiger charge is 2.27. The number of aromatic nitrogens is 3. The summed E-state index contributed by atoms with van der Waals surface area (Å²) in [5, 5.41) is 8.98. The van der Waals surface area contributed by atoms with E-state index in [0.717, 1.165) is 36.0 Å². The molecule has 2 heterocycles. The van der Waals surface area contributed by atoms with Gasteiger partial charge in [-0.3, -0.25) is 4.79 Å². The summed E-state index contributed by atoms with van der Waals surface area (Å²) in [5.41, 5.74) is 2.19. The van der Waals surface area contributed by atoms with Crippen molar-refractivity contribution in [1.82, 2.24) is 14.8 Å². The molecule has 0 radical (unpaired) electrons. The molecule has 0 spiro atoms. The van der Waals surface area contributed by atoms with Crippen molar-refractivity contribution in [1.29, 1.82) is 0 Å². The van der Waals surface area contributed by atoms with Gasteiger partial charge in [-0.2, -0.15) is 0 Å². The van der Waals surface area contributed by atoms with Gasteiger partial charge in [0.1, 0.15) is 12.1 Å². The van der Waals surface area contributed by atoms with Crippen LogP contribution >= 0.6 is 11.8 Å². The van der Waals surface area contributed by atoms with E-state index in [2.05, 4.69) is 14.8 Å². The van der Waals surface area contributed by atoms with E-state index in [4.69, 9.17) is 4.74 Å². The zero-order valence-electron chi connectivity index (χ0n) is 13.6. The van der Waals surface area contributed by atoms with Gasteiger partial charge in [0.15, 0.2) is 5.16 Å². The Bertz CT molecular complexity index is 757. The third-order valence-corrected chi connectivity index (χ3v) is 5.45. The largest absolute Gasteiger partial charge is 0.497 e. The van der Waals surface area contributed by atoms with Gasteiger partial charge in [-0.05, 0) is 49.4 Å². The molecule has 24 heavy (non-hydrogen) atoms. The predicted molar refractivity (Wildman–Crippen MR) is 92.7 cm³/mol. The maximum atomic E-state index is 12.7. The second-order valence-electron chi connectivity index (χ2n) is 6.18. The second-order valence-corrected chi connectivity index (χ2v) is 7.13. The van der Waals surface area contributed by atoms with E-state index in [1.807, 2.05) is 23.1 Å². The summed E-state index contributed by atoms with van der Waals surface area (Å²) in [6.45, 7) is 0.772. The van der Waals surface area contributed by atoms with Crippen molar-refractivity contribution in [2.45, 2.75) is 36.9 Å². The highest BCUT2D eigenvalue weighted by Crippen LogP contribution is 2.37. The zero-order valence-corrected chi connectivity index (χ0v) is 14.5. The topological polar surface area (TPSA) is 60.2 Å². The lowest BCUT2D eigenvalue weighted by atomic mass is 10.0. The normalized spacial score (nSPS) is 16.8. The third kappa shape index (κ3) is 3.00. The summed E-state index contributed by atoms with van der Waals surface area (Å²) in [7, 11) is 1.67.